The van der Waals surface area contributed by atoms with Gasteiger partial charge in [0.25, 0.3) is 0 Å². The Morgan fingerprint density at radius 2 is 1.85 bits per heavy atom. The summed E-state index contributed by atoms with van der Waals surface area (Å²) in [5, 5.41) is 6.78. The Hall–Kier alpha value is -1.91. The molecule has 2 aromatic rings. The van der Waals surface area contributed by atoms with Crippen molar-refractivity contribution in [2.45, 2.75) is 39.0 Å². The third-order valence-electron chi connectivity index (χ3n) is 4.01. The standard InChI is InChI=1S/C21H26Cl2N2O2/c1-2-3-4-5-6-12-27-18-9-7-8-17(14-18)24-15-21(26)25-20-11-10-16(22)13-19(20)23/h7-11,13-14,24H,2-6,12,15H2,1H3,(H,25,26). The van der Waals surface area contributed by atoms with Crippen LogP contribution >= 0.6 is 23.2 Å². The highest BCUT2D eigenvalue weighted by molar-refractivity contribution is 6.36. The number of benzene rings is 2. The molecule has 0 fully saturated rings. The highest BCUT2D eigenvalue weighted by Gasteiger charge is 2.07. The molecule has 0 unspecified atom stereocenters. The lowest BCUT2D eigenvalue weighted by Crippen LogP contribution is -2.21. The Morgan fingerprint density at radius 1 is 1.04 bits per heavy atom. The maximum absolute atomic E-state index is 12.1. The normalized spacial score (nSPS) is 10.5. The number of rotatable bonds is 11. The van der Waals surface area contributed by atoms with Crippen molar-refractivity contribution in [1.29, 1.82) is 0 Å². The molecule has 2 rings (SSSR count). The van der Waals surface area contributed by atoms with Gasteiger partial charge in [0.15, 0.2) is 0 Å². The van der Waals surface area contributed by atoms with Crippen LogP contribution in [0.1, 0.15) is 39.0 Å². The number of halogens is 2. The lowest BCUT2D eigenvalue weighted by molar-refractivity contribution is -0.114. The molecule has 0 aliphatic carbocycles. The number of hydrogen-bond donors (Lipinski definition) is 2. The number of ether oxygens (including phenoxy) is 1. The van der Waals surface area contributed by atoms with Gasteiger partial charge in [0.2, 0.25) is 5.91 Å². The van der Waals surface area contributed by atoms with Gasteiger partial charge in [-0.1, -0.05) is 61.9 Å². The van der Waals surface area contributed by atoms with E-state index in [-0.39, 0.29) is 12.5 Å². The van der Waals surface area contributed by atoms with Crippen LogP contribution in [0.4, 0.5) is 11.4 Å². The van der Waals surface area contributed by atoms with Crippen LogP contribution in [0.5, 0.6) is 5.75 Å². The molecule has 0 aliphatic rings. The van der Waals surface area contributed by atoms with Gasteiger partial charge in [-0.25, -0.2) is 0 Å². The second kappa shape index (κ2) is 11.7. The van der Waals surface area contributed by atoms with Crippen LogP contribution in [0.25, 0.3) is 0 Å². The van der Waals surface area contributed by atoms with Gasteiger partial charge in [-0.05, 0) is 36.8 Å². The number of nitrogens with one attached hydrogen (secondary N) is 2. The van der Waals surface area contributed by atoms with E-state index in [2.05, 4.69) is 17.6 Å². The summed E-state index contributed by atoms with van der Waals surface area (Å²) in [5.41, 5.74) is 1.36. The molecule has 27 heavy (non-hydrogen) atoms. The molecule has 0 radical (unpaired) electrons. The van der Waals surface area contributed by atoms with Gasteiger partial charge >= 0.3 is 0 Å². The Morgan fingerprint density at radius 3 is 2.63 bits per heavy atom. The van der Waals surface area contributed by atoms with Crippen molar-refractivity contribution in [2.75, 3.05) is 23.8 Å². The lowest BCUT2D eigenvalue weighted by atomic mass is 10.2. The predicted octanol–water partition coefficient (Wildman–Crippen LogP) is 6.39. The summed E-state index contributed by atoms with van der Waals surface area (Å²) in [7, 11) is 0. The van der Waals surface area contributed by atoms with E-state index in [1.54, 1.807) is 18.2 Å². The van der Waals surface area contributed by atoms with Crippen molar-refractivity contribution in [2.24, 2.45) is 0 Å². The first-order valence-corrected chi connectivity index (χ1v) is 10.1. The number of hydrogen-bond acceptors (Lipinski definition) is 3. The Kier molecular flexibility index (Phi) is 9.29. The van der Waals surface area contributed by atoms with E-state index in [0.29, 0.717) is 22.3 Å². The number of amides is 1. The zero-order valence-electron chi connectivity index (χ0n) is 15.6. The molecule has 0 heterocycles. The van der Waals surface area contributed by atoms with Crippen LogP contribution in [0.3, 0.4) is 0 Å². The van der Waals surface area contributed by atoms with Gasteiger partial charge in [-0.15, -0.1) is 0 Å². The molecule has 2 N–H and O–H groups in total. The molecule has 0 saturated carbocycles. The smallest absolute Gasteiger partial charge is 0.243 e. The molecular weight excluding hydrogens is 383 g/mol. The predicted molar refractivity (Wildman–Crippen MR) is 114 cm³/mol. The fourth-order valence-corrected chi connectivity index (χ4v) is 3.01. The van der Waals surface area contributed by atoms with Crippen LogP contribution < -0.4 is 15.4 Å². The summed E-state index contributed by atoms with van der Waals surface area (Å²) in [6, 6.07) is 12.6. The molecule has 2 aromatic carbocycles. The fourth-order valence-electron chi connectivity index (χ4n) is 2.56. The van der Waals surface area contributed by atoms with E-state index in [4.69, 9.17) is 27.9 Å². The topological polar surface area (TPSA) is 50.4 Å². The molecular formula is C21H26Cl2N2O2. The number of carbonyl (C=O) groups is 1. The molecule has 4 nitrogen and oxygen atoms in total. The zero-order chi connectivity index (χ0) is 19.5. The maximum atomic E-state index is 12.1. The van der Waals surface area contributed by atoms with Gasteiger partial charge in [0, 0.05) is 16.8 Å². The average molecular weight is 409 g/mol. The first-order chi connectivity index (χ1) is 13.1. The molecule has 0 saturated heterocycles. The van der Waals surface area contributed by atoms with Crippen LogP contribution in [0.15, 0.2) is 42.5 Å². The summed E-state index contributed by atoms with van der Waals surface area (Å²) in [5.74, 6) is 0.609. The molecule has 0 aromatic heterocycles. The van der Waals surface area contributed by atoms with Crippen molar-refractivity contribution in [3.05, 3.63) is 52.5 Å². The van der Waals surface area contributed by atoms with E-state index >= 15 is 0 Å². The minimum Gasteiger partial charge on any atom is -0.494 e. The van der Waals surface area contributed by atoms with E-state index in [0.717, 1.165) is 17.9 Å². The summed E-state index contributed by atoms with van der Waals surface area (Å²) in [4.78, 5) is 12.1. The lowest BCUT2D eigenvalue weighted by Gasteiger charge is -2.11. The van der Waals surface area contributed by atoms with Crippen LogP contribution in [-0.4, -0.2) is 19.1 Å². The van der Waals surface area contributed by atoms with Crippen molar-refractivity contribution in [3.8, 4) is 5.75 Å². The quantitative estimate of drug-likeness (QED) is 0.423. The Balaban J connectivity index is 1.75. The van der Waals surface area contributed by atoms with Crippen LogP contribution in [0, 0.1) is 0 Å². The van der Waals surface area contributed by atoms with Crippen molar-refractivity contribution >= 4 is 40.5 Å². The number of carbonyl (C=O) groups excluding carboxylic acids is 1. The Labute approximate surface area is 171 Å². The van der Waals surface area contributed by atoms with Gasteiger partial charge in [-0.3, -0.25) is 4.79 Å². The second-order valence-corrected chi connectivity index (χ2v) is 7.16. The third-order valence-corrected chi connectivity index (χ3v) is 4.56. The highest BCUT2D eigenvalue weighted by atomic mass is 35.5. The van der Waals surface area contributed by atoms with Gasteiger partial charge in [-0.2, -0.15) is 0 Å². The minimum absolute atomic E-state index is 0.124. The largest absolute Gasteiger partial charge is 0.494 e. The maximum Gasteiger partial charge on any atom is 0.243 e. The average Bonchev–Trinajstić information content (AvgIpc) is 2.65. The third kappa shape index (κ3) is 8.10. The molecule has 1 amide bonds. The SMILES string of the molecule is CCCCCCCOc1cccc(NCC(=O)Nc2ccc(Cl)cc2Cl)c1. The number of unbranched alkanes of at least 4 members (excludes halogenated alkanes) is 4. The zero-order valence-corrected chi connectivity index (χ0v) is 17.1. The number of anilines is 2. The van der Waals surface area contributed by atoms with E-state index in [9.17, 15) is 4.79 Å². The molecule has 0 bridgehead atoms. The minimum atomic E-state index is -0.193. The Bertz CT molecular complexity index is 738. The van der Waals surface area contributed by atoms with E-state index < -0.39 is 0 Å². The monoisotopic (exact) mass is 408 g/mol. The van der Waals surface area contributed by atoms with Crippen molar-refractivity contribution < 1.29 is 9.53 Å². The fraction of sp³-hybridized carbons (Fsp3) is 0.381. The first kappa shape index (κ1) is 21.4. The van der Waals surface area contributed by atoms with E-state index in [1.807, 2.05) is 24.3 Å². The van der Waals surface area contributed by atoms with E-state index in [1.165, 1.54) is 25.7 Å². The van der Waals surface area contributed by atoms with Crippen molar-refractivity contribution in [3.63, 3.8) is 0 Å². The molecule has 146 valence electrons. The molecule has 0 atom stereocenters. The first-order valence-electron chi connectivity index (χ1n) is 9.30. The molecule has 0 spiro atoms. The molecule has 0 aliphatic heterocycles. The van der Waals surface area contributed by atoms with Gasteiger partial charge < -0.3 is 15.4 Å². The summed E-state index contributed by atoms with van der Waals surface area (Å²) in [6.45, 7) is 3.04. The summed E-state index contributed by atoms with van der Waals surface area (Å²) >= 11 is 11.9. The second-order valence-electron chi connectivity index (χ2n) is 6.32. The van der Waals surface area contributed by atoms with Gasteiger partial charge in [0.1, 0.15) is 5.75 Å². The summed E-state index contributed by atoms with van der Waals surface area (Å²) < 4.78 is 5.79. The summed E-state index contributed by atoms with van der Waals surface area (Å²) in [6.07, 6.45) is 6.03. The van der Waals surface area contributed by atoms with Gasteiger partial charge in [0.05, 0.1) is 23.9 Å². The van der Waals surface area contributed by atoms with Crippen LogP contribution in [0.2, 0.25) is 10.0 Å². The van der Waals surface area contributed by atoms with Crippen LogP contribution in [-0.2, 0) is 4.79 Å². The molecule has 6 heteroatoms. The van der Waals surface area contributed by atoms with Crippen molar-refractivity contribution in [1.82, 2.24) is 0 Å². The highest BCUT2D eigenvalue weighted by Crippen LogP contribution is 2.25.